The number of hydrogen-bond donors (Lipinski definition) is 0. The third-order valence-electron chi connectivity index (χ3n) is 2.56. The van der Waals surface area contributed by atoms with Gasteiger partial charge in [0.1, 0.15) is 18.5 Å². The van der Waals surface area contributed by atoms with Gasteiger partial charge in [0, 0.05) is 24.8 Å². The Kier molecular flexibility index (Phi) is 2.53. The first-order valence-electron chi connectivity index (χ1n) is 5.40. The van der Waals surface area contributed by atoms with Gasteiger partial charge < -0.3 is 4.74 Å². The maximum atomic E-state index is 5.31. The molecule has 0 aliphatic rings. The predicted molar refractivity (Wildman–Crippen MR) is 65.0 cm³/mol. The van der Waals surface area contributed by atoms with E-state index >= 15 is 0 Å². The first-order valence-corrected chi connectivity index (χ1v) is 5.40. The van der Waals surface area contributed by atoms with Gasteiger partial charge in [-0.3, -0.25) is 9.13 Å². The van der Waals surface area contributed by atoms with Crippen molar-refractivity contribution in [3.05, 3.63) is 49.6 Å². The van der Waals surface area contributed by atoms with Crippen molar-refractivity contribution in [2.75, 3.05) is 7.11 Å². The van der Waals surface area contributed by atoms with Crippen LogP contribution in [0.3, 0.4) is 0 Å². The van der Waals surface area contributed by atoms with Gasteiger partial charge in [0.2, 0.25) is 0 Å². The van der Waals surface area contributed by atoms with Crippen LogP contribution in [0.1, 0.15) is 0 Å². The molecule has 0 aliphatic heterocycles. The molecule has 0 saturated carbocycles. The zero-order valence-electron chi connectivity index (χ0n) is 9.76. The Morgan fingerprint density at radius 3 is 2.33 bits per heavy atom. The number of aromatic nitrogens is 5. The minimum atomic E-state index is 0.692. The molecule has 0 N–H and O–H groups in total. The number of pyridine rings is 1. The average molecular weight is 241 g/mol. The van der Waals surface area contributed by atoms with E-state index in [2.05, 4.69) is 15.0 Å². The molecule has 3 heterocycles. The summed E-state index contributed by atoms with van der Waals surface area (Å²) in [4.78, 5) is 12.6. The molecule has 0 aliphatic carbocycles. The molecule has 0 radical (unpaired) electrons. The highest BCUT2D eigenvalue weighted by Gasteiger charge is 2.08. The molecule has 0 fully saturated rings. The lowest BCUT2D eigenvalue weighted by atomic mass is 10.4. The monoisotopic (exact) mass is 241 g/mol. The van der Waals surface area contributed by atoms with Crippen LogP contribution in [0.15, 0.2) is 49.6 Å². The summed E-state index contributed by atoms with van der Waals surface area (Å²) in [5.74, 6) is 2.16. The van der Waals surface area contributed by atoms with E-state index in [4.69, 9.17) is 4.74 Å². The van der Waals surface area contributed by atoms with Crippen molar-refractivity contribution in [1.29, 1.82) is 0 Å². The van der Waals surface area contributed by atoms with Gasteiger partial charge in [-0.1, -0.05) is 0 Å². The zero-order valence-corrected chi connectivity index (χ0v) is 9.76. The van der Waals surface area contributed by atoms with Gasteiger partial charge in [-0.25, -0.2) is 15.0 Å². The van der Waals surface area contributed by atoms with Crippen LogP contribution in [-0.2, 0) is 0 Å². The SMILES string of the molecule is COc1ccc(-n2ccnc2)nc1-n1ccnc1. The standard InChI is InChI=1S/C12H11N5O/c1-18-10-2-3-11(16-6-4-13-8-16)15-12(10)17-7-5-14-9-17/h2-9H,1H3. The van der Waals surface area contributed by atoms with Gasteiger partial charge in [0.05, 0.1) is 7.11 Å². The minimum absolute atomic E-state index is 0.692. The van der Waals surface area contributed by atoms with Gasteiger partial charge in [-0.2, -0.15) is 0 Å². The van der Waals surface area contributed by atoms with Crippen molar-refractivity contribution in [2.24, 2.45) is 0 Å². The second-order valence-electron chi connectivity index (χ2n) is 3.64. The van der Waals surface area contributed by atoms with E-state index in [-0.39, 0.29) is 0 Å². The average Bonchev–Trinajstić information content (AvgIpc) is 3.11. The molecule has 0 spiro atoms. The molecule has 0 aromatic carbocycles. The summed E-state index contributed by atoms with van der Waals surface area (Å²) >= 11 is 0. The number of ether oxygens (including phenoxy) is 1. The molecule has 0 amide bonds. The molecular weight excluding hydrogens is 230 g/mol. The number of hydrogen-bond acceptors (Lipinski definition) is 4. The number of nitrogens with zero attached hydrogens (tertiary/aromatic N) is 5. The highest BCUT2D eigenvalue weighted by molar-refractivity contribution is 5.44. The van der Waals surface area contributed by atoms with E-state index in [1.165, 1.54) is 0 Å². The quantitative estimate of drug-likeness (QED) is 0.696. The van der Waals surface area contributed by atoms with E-state index in [0.29, 0.717) is 11.6 Å². The van der Waals surface area contributed by atoms with Crippen molar-refractivity contribution in [1.82, 2.24) is 24.1 Å². The Balaban J connectivity index is 2.14. The zero-order chi connectivity index (χ0) is 12.4. The highest BCUT2D eigenvalue weighted by atomic mass is 16.5. The fraction of sp³-hybridized carbons (Fsp3) is 0.0833. The fourth-order valence-electron chi connectivity index (χ4n) is 1.69. The van der Waals surface area contributed by atoms with Crippen molar-refractivity contribution in [2.45, 2.75) is 0 Å². The normalized spacial score (nSPS) is 10.5. The van der Waals surface area contributed by atoms with Gasteiger partial charge in [-0.15, -0.1) is 0 Å². The van der Waals surface area contributed by atoms with Gasteiger partial charge in [0.15, 0.2) is 11.6 Å². The van der Waals surface area contributed by atoms with E-state index in [9.17, 15) is 0 Å². The lowest BCUT2D eigenvalue weighted by Gasteiger charge is -2.10. The molecule has 3 aromatic rings. The Morgan fingerprint density at radius 1 is 1.00 bits per heavy atom. The van der Waals surface area contributed by atoms with Gasteiger partial charge in [-0.05, 0) is 12.1 Å². The Hall–Kier alpha value is -2.63. The van der Waals surface area contributed by atoms with Crippen LogP contribution < -0.4 is 4.74 Å². The third-order valence-corrected chi connectivity index (χ3v) is 2.56. The summed E-state index contributed by atoms with van der Waals surface area (Å²) in [5, 5.41) is 0. The van der Waals surface area contributed by atoms with Gasteiger partial charge in [0.25, 0.3) is 0 Å². The first-order chi connectivity index (χ1) is 8.88. The van der Waals surface area contributed by atoms with E-state index in [1.807, 2.05) is 29.1 Å². The molecule has 3 rings (SSSR count). The molecule has 18 heavy (non-hydrogen) atoms. The van der Waals surface area contributed by atoms with Crippen LogP contribution in [0.25, 0.3) is 11.6 Å². The Bertz CT molecular complexity index is 631. The number of methoxy groups -OCH3 is 1. The molecule has 6 nitrogen and oxygen atoms in total. The van der Waals surface area contributed by atoms with E-state index in [0.717, 1.165) is 5.82 Å². The Morgan fingerprint density at radius 2 is 1.72 bits per heavy atom. The van der Waals surface area contributed by atoms with Crippen LogP contribution in [0, 0.1) is 0 Å². The molecule has 3 aromatic heterocycles. The number of rotatable bonds is 3. The Labute approximate surface area is 104 Å². The summed E-state index contributed by atoms with van der Waals surface area (Å²) in [6.07, 6.45) is 10.5. The summed E-state index contributed by atoms with van der Waals surface area (Å²) in [7, 11) is 1.62. The summed E-state index contributed by atoms with van der Waals surface area (Å²) in [6, 6.07) is 3.75. The summed E-state index contributed by atoms with van der Waals surface area (Å²) in [6.45, 7) is 0. The molecule has 90 valence electrons. The fourth-order valence-corrected chi connectivity index (χ4v) is 1.69. The maximum absolute atomic E-state index is 5.31. The van der Waals surface area contributed by atoms with Crippen molar-refractivity contribution in [3.63, 3.8) is 0 Å². The number of imidazole rings is 2. The minimum Gasteiger partial charge on any atom is -0.493 e. The maximum Gasteiger partial charge on any atom is 0.182 e. The second-order valence-corrected chi connectivity index (χ2v) is 3.64. The summed E-state index contributed by atoms with van der Waals surface area (Å²) in [5.41, 5.74) is 0. The largest absolute Gasteiger partial charge is 0.493 e. The lowest BCUT2D eigenvalue weighted by molar-refractivity contribution is 0.410. The molecule has 6 heteroatoms. The third kappa shape index (κ3) is 1.73. The van der Waals surface area contributed by atoms with Crippen LogP contribution in [0.5, 0.6) is 5.75 Å². The summed E-state index contributed by atoms with van der Waals surface area (Å²) < 4.78 is 8.94. The highest BCUT2D eigenvalue weighted by Crippen LogP contribution is 2.21. The van der Waals surface area contributed by atoms with E-state index < -0.39 is 0 Å². The van der Waals surface area contributed by atoms with Crippen molar-refractivity contribution >= 4 is 0 Å². The van der Waals surface area contributed by atoms with Crippen LogP contribution >= 0.6 is 0 Å². The molecule has 0 atom stereocenters. The smallest absolute Gasteiger partial charge is 0.182 e. The van der Waals surface area contributed by atoms with Crippen molar-refractivity contribution < 1.29 is 4.74 Å². The molecule has 0 bridgehead atoms. The predicted octanol–water partition coefficient (Wildman–Crippen LogP) is 1.46. The van der Waals surface area contributed by atoms with Gasteiger partial charge >= 0.3 is 0 Å². The van der Waals surface area contributed by atoms with Crippen LogP contribution in [0.2, 0.25) is 0 Å². The van der Waals surface area contributed by atoms with Crippen LogP contribution in [0.4, 0.5) is 0 Å². The first kappa shape index (κ1) is 10.5. The topological polar surface area (TPSA) is 57.8 Å². The lowest BCUT2D eigenvalue weighted by Crippen LogP contribution is -2.03. The van der Waals surface area contributed by atoms with Crippen LogP contribution in [-0.4, -0.2) is 31.2 Å². The van der Waals surface area contributed by atoms with E-state index in [1.54, 1.807) is 36.7 Å². The molecule has 0 unspecified atom stereocenters. The molecular formula is C12H11N5O. The van der Waals surface area contributed by atoms with Crippen molar-refractivity contribution in [3.8, 4) is 17.4 Å². The second kappa shape index (κ2) is 4.33. The molecule has 0 saturated heterocycles.